The quantitative estimate of drug-likeness (QED) is 0.838. The molecule has 0 saturated carbocycles. The van der Waals surface area contributed by atoms with E-state index in [-0.39, 0.29) is 12.5 Å². The van der Waals surface area contributed by atoms with E-state index in [9.17, 15) is 4.79 Å². The molecule has 0 saturated heterocycles. The van der Waals surface area contributed by atoms with Crippen molar-refractivity contribution in [2.75, 3.05) is 17.7 Å². The van der Waals surface area contributed by atoms with Crippen LogP contribution in [0.25, 0.3) is 0 Å². The Morgan fingerprint density at radius 3 is 2.48 bits per heavy atom. The molecule has 0 aromatic heterocycles. The normalized spacial score (nSPS) is 10.2. The lowest BCUT2D eigenvalue weighted by Crippen LogP contribution is -2.20. The summed E-state index contributed by atoms with van der Waals surface area (Å²) >= 11 is 11.7. The number of nitrogens with one attached hydrogen (secondary N) is 1. The highest BCUT2D eigenvalue weighted by atomic mass is 35.5. The standard InChI is InChI=1S/C15H14Cl2N2O2/c1-9-4-12(18)2-3-14(9)19-15(20)8-21-13-6-10(16)5-11(17)7-13/h2-7H,8,18H2,1H3,(H,19,20). The van der Waals surface area contributed by atoms with Crippen LogP contribution in [0, 0.1) is 6.92 Å². The number of nitrogens with two attached hydrogens (primary N) is 1. The summed E-state index contributed by atoms with van der Waals surface area (Å²) in [6.07, 6.45) is 0. The Morgan fingerprint density at radius 1 is 1.19 bits per heavy atom. The minimum atomic E-state index is -0.279. The lowest BCUT2D eigenvalue weighted by molar-refractivity contribution is -0.118. The van der Waals surface area contributed by atoms with Gasteiger partial charge in [-0.3, -0.25) is 4.79 Å². The number of nitrogen functional groups attached to an aromatic ring is 1. The van der Waals surface area contributed by atoms with Crippen LogP contribution in [0.1, 0.15) is 5.56 Å². The summed E-state index contributed by atoms with van der Waals surface area (Å²) in [7, 11) is 0. The maximum atomic E-state index is 11.9. The summed E-state index contributed by atoms with van der Waals surface area (Å²) < 4.78 is 5.36. The van der Waals surface area contributed by atoms with Crippen molar-refractivity contribution >= 4 is 40.5 Å². The fourth-order valence-corrected chi connectivity index (χ4v) is 2.28. The van der Waals surface area contributed by atoms with Gasteiger partial charge >= 0.3 is 0 Å². The Kier molecular flexibility index (Phi) is 4.94. The third kappa shape index (κ3) is 4.55. The molecule has 0 aliphatic heterocycles. The zero-order valence-electron chi connectivity index (χ0n) is 11.3. The summed E-state index contributed by atoms with van der Waals surface area (Å²) in [6.45, 7) is 1.73. The zero-order valence-corrected chi connectivity index (χ0v) is 12.8. The second kappa shape index (κ2) is 6.70. The van der Waals surface area contributed by atoms with Gasteiger partial charge < -0.3 is 15.8 Å². The van der Waals surface area contributed by atoms with E-state index in [1.165, 1.54) is 0 Å². The molecule has 0 spiro atoms. The number of ether oxygens (including phenoxy) is 1. The lowest BCUT2D eigenvalue weighted by Gasteiger charge is -2.10. The lowest BCUT2D eigenvalue weighted by atomic mass is 10.2. The van der Waals surface area contributed by atoms with E-state index in [1.807, 2.05) is 6.92 Å². The van der Waals surface area contributed by atoms with Crippen LogP contribution in [0.15, 0.2) is 36.4 Å². The van der Waals surface area contributed by atoms with Gasteiger partial charge in [0.1, 0.15) is 5.75 Å². The Hall–Kier alpha value is -1.91. The van der Waals surface area contributed by atoms with E-state index >= 15 is 0 Å². The molecule has 0 unspecified atom stereocenters. The van der Waals surface area contributed by atoms with Gasteiger partial charge in [0.15, 0.2) is 6.61 Å². The van der Waals surface area contributed by atoms with E-state index in [2.05, 4.69) is 5.32 Å². The Labute approximate surface area is 132 Å². The topological polar surface area (TPSA) is 64.3 Å². The van der Waals surface area contributed by atoms with Crippen LogP contribution >= 0.6 is 23.2 Å². The van der Waals surface area contributed by atoms with Crippen LogP contribution in [-0.4, -0.2) is 12.5 Å². The molecule has 2 aromatic carbocycles. The minimum absolute atomic E-state index is 0.138. The molecule has 3 N–H and O–H groups in total. The number of benzene rings is 2. The van der Waals surface area contributed by atoms with Gasteiger partial charge in [0.05, 0.1) is 0 Å². The van der Waals surface area contributed by atoms with Crippen LogP contribution in [-0.2, 0) is 4.79 Å². The average molecular weight is 325 g/mol. The predicted octanol–water partition coefficient (Wildman–Crippen LogP) is 3.90. The predicted molar refractivity (Wildman–Crippen MR) is 86.2 cm³/mol. The van der Waals surface area contributed by atoms with Crippen molar-refractivity contribution in [3.05, 3.63) is 52.0 Å². The average Bonchev–Trinajstić information content (AvgIpc) is 2.39. The molecule has 4 nitrogen and oxygen atoms in total. The maximum Gasteiger partial charge on any atom is 0.262 e. The van der Waals surface area contributed by atoms with Gasteiger partial charge in [0, 0.05) is 21.4 Å². The van der Waals surface area contributed by atoms with E-state index in [1.54, 1.807) is 36.4 Å². The SMILES string of the molecule is Cc1cc(N)ccc1NC(=O)COc1cc(Cl)cc(Cl)c1. The van der Waals surface area contributed by atoms with E-state index in [4.69, 9.17) is 33.7 Å². The molecular formula is C15H14Cl2N2O2. The molecular weight excluding hydrogens is 311 g/mol. The van der Waals surface area contributed by atoms with E-state index in [0.29, 0.717) is 27.2 Å². The third-order valence-electron chi connectivity index (χ3n) is 2.73. The molecule has 0 aliphatic rings. The van der Waals surface area contributed by atoms with Gasteiger partial charge in [-0.2, -0.15) is 0 Å². The second-order valence-electron chi connectivity index (χ2n) is 4.52. The Morgan fingerprint density at radius 2 is 1.86 bits per heavy atom. The Bertz CT molecular complexity index is 654. The fraction of sp³-hybridized carbons (Fsp3) is 0.133. The summed E-state index contributed by atoms with van der Waals surface area (Å²) in [6, 6.07) is 10.0. The molecule has 0 aliphatic carbocycles. The number of amides is 1. The van der Waals surface area contributed by atoms with Crippen LogP contribution in [0.4, 0.5) is 11.4 Å². The van der Waals surface area contributed by atoms with Gasteiger partial charge in [-0.1, -0.05) is 23.2 Å². The highest BCUT2D eigenvalue weighted by molar-refractivity contribution is 6.34. The fourth-order valence-electron chi connectivity index (χ4n) is 1.77. The number of rotatable bonds is 4. The van der Waals surface area contributed by atoms with E-state index in [0.717, 1.165) is 5.56 Å². The first-order valence-corrected chi connectivity index (χ1v) is 6.94. The van der Waals surface area contributed by atoms with Crippen molar-refractivity contribution in [2.45, 2.75) is 6.92 Å². The summed E-state index contributed by atoms with van der Waals surface area (Å²) in [5.41, 5.74) is 7.89. The number of anilines is 2. The van der Waals surface area contributed by atoms with Gasteiger partial charge in [0.25, 0.3) is 5.91 Å². The zero-order chi connectivity index (χ0) is 15.4. The van der Waals surface area contributed by atoms with Gasteiger partial charge in [-0.05, 0) is 48.9 Å². The van der Waals surface area contributed by atoms with Crippen LogP contribution in [0.3, 0.4) is 0 Å². The molecule has 0 fully saturated rings. The molecule has 0 atom stereocenters. The number of carbonyl (C=O) groups excluding carboxylic acids is 1. The van der Waals surface area contributed by atoms with Gasteiger partial charge in [-0.15, -0.1) is 0 Å². The summed E-state index contributed by atoms with van der Waals surface area (Å²) in [4.78, 5) is 11.9. The largest absolute Gasteiger partial charge is 0.484 e. The first-order valence-electron chi connectivity index (χ1n) is 6.19. The molecule has 21 heavy (non-hydrogen) atoms. The molecule has 2 rings (SSSR count). The second-order valence-corrected chi connectivity index (χ2v) is 5.39. The van der Waals surface area contributed by atoms with Gasteiger partial charge in [0.2, 0.25) is 0 Å². The highest BCUT2D eigenvalue weighted by Crippen LogP contribution is 2.24. The van der Waals surface area contributed by atoms with E-state index < -0.39 is 0 Å². The van der Waals surface area contributed by atoms with Crippen molar-refractivity contribution < 1.29 is 9.53 Å². The van der Waals surface area contributed by atoms with Crippen molar-refractivity contribution in [3.8, 4) is 5.75 Å². The minimum Gasteiger partial charge on any atom is -0.484 e. The number of halogens is 2. The van der Waals surface area contributed by atoms with Crippen LogP contribution in [0.2, 0.25) is 10.0 Å². The number of aryl methyl sites for hydroxylation is 1. The van der Waals surface area contributed by atoms with Crippen molar-refractivity contribution in [3.63, 3.8) is 0 Å². The maximum absolute atomic E-state index is 11.9. The van der Waals surface area contributed by atoms with Crippen LogP contribution in [0.5, 0.6) is 5.75 Å². The molecule has 1 amide bonds. The molecule has 110 valence electrons. The smallest absolute Gasteiger partial charge is 0.262 e. The van der Waals surface area contributed by atoms with Crippen molar-refractivity contribution in [1.82, 2.24) is 0 Å². The summed E-state index contributed by atoms with van der Waals surface area (Å²) in [5, 5.41) is 3.65. The summed E-state index contributed by atoms with van der Waals surface area (Å²) in [5.74, 6) is 0.163. The monoisotopic (exact) mass is 324 g/mol. The molecule has 2 aromatic rings. The first kappa shape index (κ1) is 15.5. The number of hydrogen-bond acceptors (Lipinski definition) is 3. The number of hydrogen-bond donors (Lipinski definition) is 2. The molecule has 6 heteroatoms. The molecule has 0 bridgehead atoms. The van der Waals surface area contributed by atoms with Crippen LogP contribution < -0.4 is 15.8 Å². The molecule has 0 heterocycles. The Balaban J connectivity index is 1.95. The highest BCUT2D eigenvalue weighted by Gasteiger charge is 2.07. The van der Waals surface area contributed by atoms with Crippen molar-refractivity contribution in [1.29, 1.82) is 0 Å². The molecule has 0 radical (unpaired) electrons. The number of carbonyl (C=O) groups is 1. The van der Waals surface area contributed by atoms with Crippen molar-refractivity contribution in [2.24, 2.45) is 0 Å². The third-order valence-corrected chi connectivity index (χ3v) is 3.17. The van der Waals surface area contributed by atoms with Gasteiger partial charge in [-0.25, -0.2) is 0 Å². The first-order chi connectivity index (χ1) is 9.94.